The van der Waals surface area contributed by atoms with Crippen LogP contribution in [-0.2, 0) is 6.54 Å². The second kappa shape index (κ2) is 7.48. The van der Waals surface area contributed by atoms with E-state index >= 15 is 0 Å². The first kappa shape index (κ1) is 16.5. The van der Waals surface area contributed by atoms with Crippen molar-refractivity contribution < 1.29 is 13.9 Å². The first-order chi connectivity index (χ1) is 12.1. The number of nitrogens with one attached hydrogen (secondary N) is 2. The van der Waals surface area contributed by atoms with Crippen LogP contribution in [0.3, 0.4) is 0 Å². The normalized spacial score (nSPS) is 10.3. The Labute approximate surface area is 144 Å². The number of carbonyl (C=O) groups is 1. The lowest BCUT2D eigenvalue weighted by Gasteiger charge is -2.07. The van der Waals surface area contributed by atoms with Gasteiger partial charge in [0.25, 0.3) is 0 Å². The first-order valence-electron chi connectivity index (χ1n) is 7.61. The molecule has 0 atom stereocenters. The maximum Gasteiger partial charge on any atom is 0.323 e. The molecule has 3 rings (SSSR count). The monoisotopic (exact) mass is 340 g/mol. The van der Waals surface area contributed by atoms with Crippen LogP contribution in [0.2, 0.25) is 0 Å². The van der Waals surface area contributed by atoms with E-state index in [1.165, 1.54) is 18.3 Å². The second-order valence-electron chi connectivity index (χ2n) is 5.37. The molecular formula is C18H17FN4O2. The number of halogens is 1. The highest BCUT2D eigenvalue weighted by Gasteiger charge is 2.06. The molecule has 0 saturated heterocycles. The van der Waals surface area contributed by atoms with Gasteiger partial charge in [-0.2, -0.15) is 5.10 Å². The SMILES string of the molecule is COc1cccc(NC(=O)Nc2cnn(Cc3cccc(F)c3)c2)c1. The molecule has 0 aliphatic carbocycles. The van der Waals surface area contributed by atoms with Crippen molar-refractivity contribution in [2.75, 3.05) is 17.7 Å². The van der Waals surface area contributed by atoms with Crippen molar-refractivity contribution in [1.29, 1.82) is 0 Å². The number of hydrogen-bond donors (Lipinski definition) is 2. The molecular weight excluding hydrogens is 323 g/mol. The predicted molar refractivity (Wildman–Crippen MR) is 93.4 cm³/mol. The van der Waals surface area contributed by atoms with E-state index in [1.54, 1.807) is 48.3 Å². The number of benzene rings is 2. The van der Waals surface area contributed by atoms with Gasteiger partial charge in [0.2, 0.25) is 0 Å². The first-order valence-corrected chi connectivity index (χ1v) is 7.61. The van der Waals surface area contributed by atoms with Crippen LogP contribution < -0.4 is 15.4 Å². The molecule has 0 aliphatic heterocycles. The molecule has 1 aromatic heterocycles. The van der Waals surface area contributed by atoms with Crippen LogP contribution in [0.15, 0.2) is 60.9 Å². The van der Waals surface area contributed by atoms with E-state index in [0.717, 1.165) is 5.56 Å². The summed E-state index contributed by atoms with van der Waals surface area (Å²) >= 11 is 0. The van der Waals surface area contributed by atoms with E-state index in [1.807, 2.05) is 6.07 Å². The quantitative estimate of drug-likeness (QED) is 0.744. The molecule has 7 heteroatoms. The summed E-state index contributed by atoms with van der Waals surface area (Å²) in [5.41, 5.74) is 1.94. The number of urea groups is 1. The van der Waals surface area contributed by atoms with E-state index in [0.29, 0.717) is 23.7 Å². The van der Waals surface area contributed by atoms with Gasteiger partial charge in [0.1, 0.15) is 11.6 Å². The van der Waals surface area contributed by atoms with Crippen molar-refractivity contribution in [2.45, 2.75) is 6.54 Å². The molecule has 2 N–H and O–H groups in total. The van der Waals surface area contributed by atoms with E-state index < -0.39 is 6.03 Å². The molecule has 0 radical (unpaired) electrons. The maximum atomic E-state index is 13.2. The van der Waals surface area contributed by atoms with Crippen molar-refractivity contribution >= 4 is 17.4 Å². The Balaban J connectivity index is 1.59. The molecule has 1 heterocycles. The predicted octanol–water partition coefficient (Wildman–Crippen LogP) is 3.72. The van der Waals surface area contributed by atoms with Crippen molar-refractivity contribution in [3.8, 4) is 5.75 Å². The summed E-state index contributed by atoms with van der Waals surface area (Å²) < 4.78 is 19.9. The number of hydrogen-bond acceptors (Lipinski definition) is 3. The number of rotatable bonds is 5. The summed E-state index contributed by atoms with van der Waals surface area (Å²) in [6.45, 7) is 0.414. The highest BCUT2D eigenvalue weighted by atomic mass is 19.1. The maximum absolute atomic E-state index is 13.2. The number of aromatic nitrogens is 2. The zero-order valence-corrected chi connectivity index (χ0v) is 13.6. The molecule has 0 spiro atoms. The molecule has 0 fully saturated rings. The van der Waals surface area contributed by atoms with Crippen LogP contribution in [-0.4, -0.2) is 22.9 Å². The minimum atomic E-state index is -0.390. The summed E-state index contributed by atoms with van der Waals surface area (Å²) in [5, 5.41) is 9.57. The number of carbonyl (C=O) groups excluding carboxylic acids is 1. The molecule has 2 aromatic carbocycles. The van der Waals surface area contributed by atoms with Gasteiger partial charge in [0.05, 0.1) is 25.5 Å². The molecule has 0 bridgehead atoms. The molecule has 3 aromatic rings. The fraction of sp³-hybridized carbons (Fsp3) is 0.111. The third-order valence-electron chi connectivity index (χ3n) is 3.45. The smallest absolute Gasteiger partial charge is 0.323 e. The van der Waals surface area contributed by atoms with Crippen LogP contribution in [0.1, 0.15) is 5.56 Å². The Morgan fingerprint density at radius 3 is 2.76 bits per heavy atom. The topological polar surface area (TPSA) is 68.2 Å². The van der Waals surface area contributed by atoms with Gasteiger partial charge in [-0.25, -0.2) is 9.18 Å². The van der Waals surface area contributed by atoms with E-state index in [9.17, 15) is 9.18 Å². The lowest BCUT2D eigenvalue weighted by atomic mass is 10.2. The average molecular weight is 340 g/mol. The zero-order valence-electron chi connectivity index (χ0n) is 13.6. The van der Waals surface area contributed by atoms with Gasteiger partial charge in [0.15, 0.2) is 0 Å². The van der Waals surface area contributed by atoms with Gasteiger partial charge in [-0.05, 0) is 29.8 Å². The van der Waals surface area contributed by atoms with Gasteiger partial charge in [-0.15, -0.1) is 0 Å². The van der Waals surface area contributed by atoms with Crippen molar-refractivity contribution in [3.05, 3.63) is 72.3 Å². The lowest BCUT2D eigenvalue weighted by molar-refractivity contribution is 0.262. The average Bonchev–Trinajstić information content (AvgIpc) is 3.01. The lowest BCUT2D eigenvalue weighted by Crippen LogP contribution is -2.19. The number of amides is 2. The Hall–Kier alpha value is -3.35. The summed E-state index contributed by atoms with van der Waals surface area (Å²) in [4.78, 5) is 12.0. The van der Waals surface area contributed by atoms with Crippen molar-refractivity contribution in [2.24, 2.45) is 0 Å². The van der Waals surface area contributed by atoms with E-state index in [4.69, 9.17) is 4.74 Å². The number of nitrogens with zero attached hydrogens (tertiary/aromatic N) is 2. The minimum absolute atomic E-state index is 0.291. The van der Waals surface area contributed by atoms with Crippen molar-refractivity contribution in [3.63, 3.8) is 0 Å². The largest absolute Gasteiger partial charge is 0.497 e. The Morgan fingerprint density at radius 1 is 1.16 bits per heavy atom. The summed E-state index contributed by atoms with van der Waals surface area (Å²) in [6.07, 6.45) is 3.21. The molecule has 6 nitrogen and oxygen atoms in total. The molecule has 0 aliphatic rings. The van der Waals surface area contributed by atoms with E-state index in [2.05, 4.69) is 15.7 Å². The van der Waals surface area contributed by atoms with Gasteiger partial charge in [0, 0.05) is 18.0 Å². The standard InChI is InChI=1S/C18H17FN4O2/c1-25-17-7-3-6-15(9-17)21-18(24)22-16-10-20-23(12-16)11-13-4-2-5-14(19)8-13/h2-10,12H,11H2,1H3,(H2,21,22,24). The van der Waals surface area contributed by atoms with Crippen LogP contribution in [0.5, 0.6) is 5.75 Å². The van der Waals surface area contributed by atoms with Crippen LogP contribution >= 0.6 is 0 Å². The Kier molecular flexibility index (Phi) is 4.94. The second-order valence-corrected chi connectivity index (χ2v) is 5.37. The van der Waals surface area contributed by atoms with Gasteiger partial charge < -0.3 is 15.4 Å². The highest BCUT2D eigenvalue weighted by Crippen LogP contribution is 2.17. The Morgan fingerprint density at radius 2 is 1.96 bits per heavy atom. The summed E-state index contributed by atoms with van der Waals surface area (Å²) in [5.74, 6) is 0.362. The Bertz CT molecular complexity index is 879. The van der Waals surface area contributed by atoms with E-state index in [-0.39, 0.29) is 5.82 Å². The van der Waals surface area contributed by atoms with Gasteiger partial charge in [-0.3, -0.25) is 4.68 Å². The van der Waals surface area contributed by atoms with Crippen LogP contribution in [0.4, 0.5) is 20.6 Å². The highest BCUT2D eigenvalue weighted by molar-refractivity contribution is 5.99. The van der Waals surface area contributed by atoms with Gasteiger partial charge >= 0.3 is 6.03 Å². The van der Waals surface area contributed by atoms with Crippen molar-refractivity contribution in [1.82, 2.24) is 9.78 Å². The van der Waals surface area contributed by atoms with Gasteiger partial charge in [-0.1, -0.05) is 18.2 Å². The molecule has 0 saturated carbocycles. The fourth-order valence-electron chi connectivity index (χ4n) is 2.33. The number of anilines is 2. The summed E-state index contributed by atoms with van der Waals surface area (Å²) in [6, 6.07) is 13.0. The minimum Gasteiger partial charge on any atom is -0.497 e. The summed E-state index contributed by atoms with van der Waals surface area (Å²) in [7, 11) is 1.56. The molecule has 25 heavy (non-hydrogen) atoms. The van der Waals surface area contributed by atoms with Crippen LogP contribution in [0.25, 0.3) is 0 Å². The molecule has 2 amide bonds. The van der Waals surface area contributed by atoms with Crippen LogP contribution in [0, 0.1) is 5.82 Å². The number of ether oxygens (including phenoxy) is 1. The molecule has 128 valence electrons. The third kappa shape index (κ3) is 4.57. The zero-order chi connectivity index (χ0) is 17.6. The number of methoxy groups -OCH3 is 1. The third-order valence-corrected chi connectivity index (χ3v) is 3.45. The molecule has 0 unspecified atom stereocenters. The fourth-order valence-corrected chi connectivity index (χ4v) is 2.33.